The molecule has 20 heavy (non-hydrogen) atoms. The number of ether oxygens (including phenoxy) is 2. The molecule has 2 aliphatic carbocycles. The number of rotatable bonds is 2. The minimum Gasteiger partial charge on any atom is -0.491 e. The van der Waals surface area contributed by atoms with Crippen LogP contribution in [0.25, 0.3) is 23.6 Å². The van der Waals surface area contributed by atoms with Crippen molar-refractivity contribution in [2.24, 2.45) is 0 Å². The van der Waals surface area contributed by atoms with Crippen molar-refractivity contribution in [2.75, 3.05) is 14.2 Å². The number of aromatic nitrogens is 1. The quantitative estimate of drug-likeness (QED) is 0.810. The van der Waals surface area contributed by atoms with Crippen LogP contribution in [0.2, 0.25) is 0 Å². The van der Waals surface area contributed by atoms with Crippen LogP contribution in [0.15, 0.2) is 9.21 Å². The first kappa shape index (κ1) is 12.7. The van der Waals surface area contributed by atoms with Crippen molar-refractivity contribution in [3.8, 4) is 23.0 Å². The minimum atomic E-state index is -0.234. The highest BCUT2D eigenvalue weighted by molar-refractivity contribution is 5.71. The largest absolute Gasteiger partial charge is 0.491 e. The molecular formula is C15H15NO4. The molecule has 5 nitrogen and oxygen atoms in total. The Kier molecular flexibility index (Phi) is 2.97. The van der Waals surface area contributed by atoms with E-state index >= 15 is 0 Å². The molecular weight excluding hydrogens is 258 g/mol. The van der Waals surface area contributed by atoms with Crippen LogP contribution >= 0.6 is 0 Å². The van der Waals surface area contributed by atoms with Gasteiger partial charge in [-0.15, -0.1) is 0 Å². The van der Waals surface area contributed by atoms with Gasteiger partial charge in [-0.3, -0.25) is 4.79 Å². The number of benzene rings is 1. The van der Waals surface area contributed by atoms with Crippen LogP contribution in [0.5, 0.6) is 11.5 Å². The van der Waals surface area contributed by atoms with Crippen LogP contribution in [-0.2, 0) is 0 Å². The Bertz CT molecular complexity index is 819. The van der Waals surface area contributed by atoms with Gasteiger partial charge in [0, 0.05) is 5.56 Å². The fraction of sp³-hybridized carbons (Fsp3) is 0.333. The van der Waals surface area contributed by atoms with Crippen molar-refractivity contribution in [1.82, 2.24) is 4.98 Å². The molecule has 0 aromatic rings. The van der Waals surface area contributed by atoms with E-state index < -0.39 is 0 Å². The van der Waals surface area contributed by atoms with E-state index in [4.69, 9.17) is 13.9 Å². The lowest BCUT2D eigenvalue weighted by atomic mass is 10.1. The molecule has 0 amide bonds. The predicted molar refractivity (Wildman–Crippen MR) is 74.7 cm³/mol. The summed E-state index contributed by atoms with van der Waals surface area (Å²) >= 11 is 0. The highest BCUT2D eigenvalue weighted by Gasteiger charge is 2.25. The van der Waals surface area contributed by atoms with Crippen LogP contribution in [0.3, 0.4) is 0 Å². The SMILES string of the molecule is COc1c2nc3c(oc-2c(C)c(=O)c1OC)=CCCC=3. The van der Waals surface area contributed by atoms with Crippen LogP contribution in [0.4, 0.5) is 0 Å². The molecule has 3 rings (SSSR count). The predicted octanol–water partition coefficient (Wildman–Crippen LogP) is 0.820. The Balaban J connectivity index is 2.53. The zero-order valence-electron chi connectivity index (χ0n) is 11.6. The molecule has 0 bridgehead atoms. The van der Waals surface area contributed by atoms with E-state index in [1.807, 2.05) is 12.2 Å². The second-order valence-corrected chi connectivity index (χ2v) is 4.65. The molecule has 0 fully saturated rings. The lowest BCUT2D eigenvalue weighted by Gasteiger charge is -2.15. The molecule has 0 aromatic heterocycles. The van der Waals surface area contributed by atoms with Gasteiger partial charge in [-0.1, -0.05) is 6.08 Å². The van der Waals surface area contributed by atoms with Crippen LogP contribution in [-0.4, -0.2) is 19.2 Å². The maximum absolute atomic E-state index is 12.3. The van der Waals surface area contributed by atoms with E-state index in [9.17, 15) is 4.79 Å². The maximum atomic E-state index is 12.3. The zero-order valence-corrected chi connectivity index (χ0v) is 11.6. The fourth-order valence-electron chi connectivity index (χ4n) is 2.43. The second-order valence-electron chi connectivity index (χ2n) is 4.65. The van der Waals surface area contributed by atoms with E-state index in [-0.39, 0.29) is 11.2 Å². The summed E-state index contributed by atoms with van der Waals surface area (Å²) in [5.41, 5.74) is 1.47. The normalized spacial score (nSPS) is 13.3. The number of methoxy groups -OCH3 is 2. The van der Waals surface area contributed by atoms with Crippen molar-refractivity contribution >= 4 is 12.2 Å². The van der Waals surface area contributed by atoms with E-state index in [2.05, 4.69) is 4.98 Å². The summed E-state index contributed by atoms with van der Waals surface area (Å²) in [6, 6.07) is 0. The molecule has 3 aliphatic rings. The zero-order chi connectivity index (χ0) is 14.3. The molecule has 0 aromatic carbocycles. The third-order valence-electron chi connectivity index (χ3n) is 3.46. The maximum Gasteiger partial charge on any atom is 0.231 e. The molecule has 0 N–H and O–H groups in total. The smallest absolute Gasteiger partial charge is 0.231 e. The van der Waals surface area contributed by atoms with E-state index in [0.29, 0.717) is 28.2 Å². The van der Waals surface area contributed by atoms with Crippen molar-refractivity contribution < 1.29 is 13.9 Å². The van der Waals surface area contributed by atoms with Gasteiger partial charge in [0.25, 0.3) is 0 Å². The lowest BCUT2D eigenvalue weighted by Crippen LogP contribution is -2.32. The van der Waals surface area contributed by atoms with Gasteiger partial charge in [0.05, 0.1) is 14.2 Å². The number of hydrogen-bond donors (Lipinski definition) is 0. The molecule has 1 heterocycles. The van der Waals surface area contributed by atoms with E-state index in [1.54, 1.807) is 6.92 Å². The average molecular weight is 273 g/mol. The Morgan fingerprint density at radius 2 is 1.85 bits per heavy atom. The summed E-state index contributed by atoms with van der Waals surface area (Å²) in [4.78, 5) is 16.8. The van der Waals surface area contributed by atoms with Gasteiger partial charge in [-0.05, 0) is 25.8 Å². The standard InChI is InChI=1S/C15H15NO4/c1-8-12(17)15(19-3)14(18-2)11-13(8)20-10-7-5-4-6-9(10)16-11/h6-7H,4-5H2,1-3H3. The van der Waals surface area contributed by atoms with Crippen molar-refractivity contribution in [1.29, 1.82) is 0 Å². The highest BCUT2D eigenvalue weighted by Crippen LogP contribution is 2.36. The van der Waals surface area contributed by atoms with Crippen LogP contribution < -0.4 is 25.7 Å². The van der Waals surface area contributed by atoms with Gasteiger partial charge in [0.1, 0.15) is 10.8 Å². The van der Waals surface area contributed by atoms with Gasteiger partial charge in [-0.2, -0.15) is 0 Å². The van der Waals surface area contributed by atoms with Gasteiger partial charge in [0.15, 0.2) is 17.2 Å². The topological polar surface area (TPSA) is 61.6 Å². The fourth-order valence-corrected chi connectivity index (χ4v) is 2.43. The number of nitrogens with zero attached hydrogens (tertiary/aromatic N) is 1. The first-order valence-corrected chi connectivity index (χ1v) is 6.43. The summed E-state index contributed by atoms with van der Waals surface area (Å²) in [5.74, 6) is 0.946. The van der Waals surface area contributed by atoms with Gasteiger partial charge < -0.3 is 13.9 Å². The molecule has 0 spiro atoms. The van der Waals surface area contributed by atoms with Gasteiger partial charge in [-0.25, -0.2) is 4.98 Å². The minimum absolute atomic E-state index is 0.167. The van der Waals surface area contributed by atoms with E-state index in [0.717, 1.165) is 18.2 Å². The summed E-state index contributed by atoms with van der Waals surface area (Å²) in [5, 5.41) is 0.780. The third-order valence-corrected chi connectivity index (χ3v) is 3.46. The Morgan fingerprint density at radius 3 is 2.55 bits per heavy atom. The van der Waals surface area contributed by atoms with Crippen LogP contribution in [0.1, 0.15) is 18.4 Å². The van der Waals surface area contributed by atoms with Gasteiger partial charge >= 0.3 is 0 Å². The molecule has 0 atom stereocenters. The average Bonchev–Trinajstić information content (AvgIpc) is 2.49. The number of fused-ring (bicyclic) bond motifs is 2. The van der Waals surface area contributed by atoms with Gasteiger partial charge in [0.2, 0.25) is 11.2 Å². The first-order chi connectivity index (χ1) is 9.67. The van der Waals surface area contributed by atoms with Crippen molar-refractivity contribution in [3.05, 3.63) is 26.6 Å². The van der Waals surface area contributed by atoms with E-state index in [1.165, 1.54) is 14.2 Å². The monoisotopic (exact) mass is 273 g/mol. The van der Waals surface area contributed by atoms with Crippen LogP contribution in [0, 0.1) is 6.92 Å². The number of hydrogen-bond acceptors (Lipinski definition) is 5. The summed E-state index contributed by atoms with van der Waals surface area (Å²) < 4.78 is 16.3. The summed E-state index contributed by atoms with van der Waals surface area (Å²) in [6.45, 7) is 1.71. The molecule has 0 saturated carbocycles. The first-order valence-electron chi connectivity index (χ1n) is 6.43. The molecule has 104 valence electrons. The van der Waals surface area contributed by atoms with Crippen molar-refractivity contribution in [3.63, 3.8) is 0 Å². The summed E-state index contributed by atoms with van der Waals surface area (Å²) in [6.07, 6.45) is 5.85. The Morgan fingerprint density at radius 1 is 1.15 bits per heavy atom. The molecule has 5 heteroatoms. The Hall–Kier alpha value is -2.30. The molecule has 0 saturated heterocycles. The summed E-state index contributed by atoms with van der Waals surface area (Å²) in [7, 11) is 2.93. The molecule has 1 aliphatic heterocycles. The lowest BCUT2D eigenvalue weighted by molar-refractivity contribution is 0.349. The Labute approximate surface area is 115 Å². The van der Waals surface area contributed by atoms with Crippen molar-refractivity contribution in [2.45, 2.75) is 19.8 Å². The molecule has 0 radical (unpaired) electrons. The second kappa shape index (κ2) is 4.67. The molecule has 0 unspecified atom stereocenters. The third kappa shape index (κ3) is 1.70. The highest BCUT2D eigenvalue weighted by atomic mass is 16.5.